The van der Waals surface area contributed by atoms with E-state index in [1.54, 1.807) is 7.11 Å². The van der Waals surface area contributed by atoms with Crippen molar-refractivity contribution in [1.29, 1.82) is 0 Å². The quantitative estimate of drug-likeness (QED) is 0.642. The van der Waals surface area contributed by atoms with Gasteiger partial charge in [-0.15, -0.1) is 0 Å². The number of aromatic nitrogens is 1. The summed E-state index contributed by atoms with van der Waals surface area (Å²) >= 11 is 0. The summed E-state index contributed by atoms with van der Waals surface area (Å²) in [4.78, 5) is 16.3. The number of fused-ring (bicyclic) bond motifs is 1. The lowest BCUT2D eigenvalue weighted by atomic mass is 9.95. The summed E-state index contributed by atoms with van der Waals surface area (Å²) < 4.78 is 5.37. The topological polar surface area (TPSA) is 51.2 Å². The van der Waals surface area contributed by atoms with Crippen molar-refractivity contribution in [3.63, 3.8) is 0 Å². The average Bonchev–Trinajstić information content (AvgIpc) is 2.70. The van der Waals surface area contributed by atoms with Crippen LogP contribution in [0, 0.1) is 6.92 Å². The minimum absolute atomic E-state index is 0.101. The molecule has 1 aromatic heterocycles. The first kappa shape index (κ1) is 18.9. The molecule has 1 heterocycles. The first-order valence-electron chi connectivity index (χ1n) is 9.41. The van der Waals surface area contributed by atoms with Gasteiger partial charge in [0.05, 0.1) is 7.11 Å². The smallest absolute Gasteiger partial charge is 0.220 e. The predicted molar refractivity (Wildman–Crippen MR) is 110 cm³/mol. The minimum atomic E-state index is 0.101. The molecule has 27 heavy (non-hydrogen) atoms. The van der Waals surface area contributed by atoms with Crippen LogP contribution in [0.4, 0.5) is 0 Å². The maximum atomic E-state index is 12.0. The van der Waals surface area contributed by atoms with Crippen molar-refractivity contribution < 1.29 is 9.53 Å². The highest BCUT2D eigenvalue weighted by molar-refractivity contribution is 5.98. The van der Waals surface area contributed by atoms with Crippen LogP contribution in [0.5, 0.6) is 5.75 Å². The van der Waals surface area contributed by atoms with E-state index in [1.165, 1.54) is 0 Å². The molecule has 0 radical (unpaired) electrons. The van der Waals surface area contributed by atoms with Gasteiger partial charge in [0, 0.05) is 30.7 Å². The zero-order chi connectivity index (χ0) is 19.2. The average molecular weight is 362 g/mol. The molecule has 0 unspecified atom stereocenters. The van der Waals surface area contributed by atoms with E-state index in [9.17, 15) is 4.79 Å². The summed E-state index contributed by atoms with van der Waals surface area (Å²) in [6, 6.07) is 12.5. The zero-order valence-electron chi connectivity index (χ0n) is 16.2. The molecule has 0 aliphatic rings. The Balaban J connectivity index is 1.93. The second-order valence-electron chi connectivity index (χ2n) is 6.76. The van der Waals surface area contributed by atoms with Crippen molar-refractivity contribution in [3.05, 3.63) is 59.9 Å². The Morgan fingerprint density at radius 2 is 2.00 bits per heavy atom. The number of nitrogens with one attached hydrogen (secondary N) is 1. The van der Waals surface area contributed by atoms with E-state index < -0.39 is 0 Å². The van der Waals surface area contributed by atoms with Crippen molar-refractivity contribution >= 4 is 16.7 Å². The summed E-state index contributed by atoms with van der Waals surface area (Å²) in [6.45, 7) is 4.66. The number of methoxy groups -OCH3 is 1. The standard InChI is InChI=1S/C23H26N2O2/c1-4-5-6-23(26)25-14-18-7-9-19(20-11-12-24-15-21(18)20)17-8-10-22(27-3)16(2)13-17/h7-13,15H,4-6,14H2,1-3H3,(H,25,26). The van der Waals surface area contributed by atoms with Crippen LogP contribution in [-0.4, -0.2) is 18.0 Å². The van der Waals surface area contributed by atoms with Gasteiger partial charge < -0.3 is 10.1 Å². The second kappa shape index (κ2) is 8.67. The van der Waals surface area contributed by atoms with Gasteiger partial charge in [-0.2, -0.15) is 0 Å². The molecule has 0 aliphatic carbocycles. The Hall–Kier alpha value is -2.88. The highest BCUT2D eigenvalue weighted by Gasteiger charge is 2.10. The van der Waals surface area contributed by atoms with Gasteiger partial charge >= 0.3 is 0 Å². The third-order valence-electron chi connectivity index (χ3n) is 4.85. The molecule has 3 aromatic rings. The minimum Gasteiger partial charge on any atom is -0.496 e. The van der Waals surface area contributed by atoms with E-state index in [-0.39, 0.29) is 5.91 Å². The summed E-state index contributed by atoms with van der Waals surface area (Å²) in [6.07, 6.45) is 6.21. The molecular weight excluding hydrogens is 336 g/mol. The van der Waals surface area contributed by atoms with E-state index >= 15 is 0 Å². The van der Waals surface area contributed by atoms with Crippen LogP contribution in [-0.2, 0) is 11.3 Å². The van der Waals surface area contributed by atoms with Crippen LogP contribution in [0.1, 0.15) is 37.3 Å². The van der Waals surface area contributed by atoms with Crippen LogP contribution in [0.25, 0.3) is 21.9 Å². The third-order valence-corrected chi connectivity index (χ3v) is 4.85. The van der Waals surface area contributed by atoms with Gasteiger partial charge in [-0.3, -0.25) is 9.78 Å². The van der Waals surface area contributed by atoms with Crippen molar-refractivity contribution in [3.8, 4) is 16.9 Å². The molecule has 0 fully saturated rings. The van der Waals surface area contributed by atoms with Gasteiger partial charge in [0.15, 0.2) is 0 Å². The Morgan fingerprint density at radius 3 is 2.74 bits per heavy atom. The lowest BCUT2D eigenvalue weighted by Crippen LogP contribution is -2.22. The number of carbonyl (C=O) groups excluding carboxylic acids is 1. The van der Waals surface area contributed by atoms with E-state index in [0.717, 1.165) is 51.6 Å². The SMILES string of the molecule is CCCCC(=O)NCc1ccc(-c2ccc(OC)c(C)c2)c2ccncc12. The van der Waals surface area contributed by atoms with Gasteiger partial charge in [-0.05, 0) is 59.2 Å². The van der Waals surface area contributed by atoms with Gasteiger partial charge in [0.1, 0.15) is 5.75 Å². The third kappa shape index (κ3) is 4.27. The number of aryl methyl sites for hydroxylation is 1. The Labute approximate surface area is 160 Å². The first-order chi connectivity index (χ1) is 13.1. The summed E-state index contributed by atoms with van der Waals surface area (Å²) in [7, 11) is 1.69. The molecular formula is C23H26N2O2. The molecule has 3 rings (SSSR count). The van der Waals surface area contributed by atoms with Crippen LogP contribution in [0.3, 0.4) is 0 Å². The normalized spacial score (nSPS) is 10.8. The van der Waals surface area contributed by atoms with E-state index in [1.807, 2.05) is 31.5 Å². The molecule has 1 N–H and O–H groups in total. The van der Waals surface area contributed by atoms with Crippen LogP contribution < -0.4 is 10.1 Å². The number of carbonyl (C=O) groups is 1. The molecule has 2 aromatic carbocycles. The monoisotopic (exact) mass is 362 g/mol. The highest BCUT2D eigenvalue weighted by Crippen LogP contribution is 2.32. The maximum Gasteiger partial charge on any atom is 0.220 e. The van der Waals surface area contributed by atoms with E-state index in [0.29, 0.717) is 13.0 Å². The number of amides is 1. The highest BCUT2D eigenvalue weighted by atomic mass is 16.5. The van der Waals surface area contributed by atoms with Crippen molar-refractivity contribution in [2.45, 2.75) is 39.7 Å². The van der Waals surface area contributed by atoms with Crippen LogP contribution >= 0.6 is 0 Å². The van der Waals surface area contributed by atoms with E-state index in [4.69, 9.17) is 4.74 Å². The molecule has 0 bridgehead atoms. The molecule has 4 heteroatoms. The van der Waals surface area contributed by atoms with Crippen molar-refractivity contribution in [2.75, 3.05) is 7.11 Å². The maximum absolute atomic E-state index is 12.0. The molecule has 0 spiro atoms. The number of pyridine rings is 1. The summed E-state index contributed by atoms with van der Waals surface area (Å²) in [5, 5.41) is 5.23. The fraction of sp³-hybridized carbons (Fsp3) is 0.304. The van der Waals surface area contributed by atoms with Crippen LogP contribution in [0.2, 0.25) is 0 Å². The first-order valence-corrected chi connectivity index (χ1v) is 9.41. The lowest BCUT2D eigenvalue weighted by Gasteiger charge is -2.13. The van der Waals surface area contributed by atoms with Crippen LogP contribution in [0.15, 0.2) is 48.8 Å². The fourth-order valence-corrected chi connectivity index (χ4v) is 3.32. The second-order valence-corrected chi connectivity index (χ2v) is 6.76. The molecule has 140 valence electrons. The number of hydrogen-bond donors (Lipinski definition) is 1. The Morgan fingerprint density at radius 1 is 1.15 bits per heavy atom. The lowest BCUT2D eigenvalue weighted by molar-refractivity contribution is -0.121. The van der Waals surface area contributed by atoms with Gasteiger partial charge in [0.2, 0.25) is 5.91 Å². The van der Waals surface area contributed by atoms with Crippen molar-refractivity contribution in [2.24, 2.45) is 0 Å². The largest absolute Gasteiger partial charge is 0.496 e. The Kier molecular flexibility index (Phi) is 6.07. The van der Waals surface area contributed by atoms with Gasteiger partial charge in [0.25, 0.3) is 0 Å². The molecule has 0 saturated heterocycles. The fourth-order valence-electron chi connectivity index (χ4n) is 3.32. The zero-order valence-corrected chi connectivity index (χ0v) is 16.2. The summed E-state index contributed by atoms with van der Waals surface area (Å²) in [5.74, 6) is 0.986. The number of hydrogen-bond acceptors (Lipinski definition) is 3. The summed E-state index contributed by atoms with van der Waals surface area (Å²) in [5.41, 5.74) is 4.48. The molecule has 0 atom stereocenters. The molecule has 1 amide bonds. The van der Waals surface area contributed by atoms with Crippen molar-refractivity contribution in [1.82, 2.24) is 10.3 Å². The number of benzene rings is 2. The number of ether oxygens (including phenoxy) is 1. The number of unbranched alkanes of at least 4 members (excludes halogenated alkanes) is 1. The van der Waals surface area contributed by atoms with Gasteiger partial charge in [-0.1, -0.05) is 31.5 Å². The molecule has 0 saturated carbocycles. The molecule has 4 nitrogen and oxygen atoms in total. The number of rotatable bonds is 7. The predicted octanol–water partition coefficient (Wildman–Crippen LogP) is 5.03. The van der Waals surface area contributed by atoms with E-state index in [2.05, 4.69) is 41.5 Å². The molecule has 0 aliphatic heterocycles. The number of nitrogens with zero attached hydrogens (tertiary/aromatic N) is 1. The Bertz CT molecular complexity index is 950. The van der Waals surface area contributed by atoms with Gasteiger partial charge in [-0.25, -0.2) is 0 Å².